The first-order valence-electron chi connectivity index (χ1n) is 7.38. The van der Waals surface area contributed by atoms with Gasteiger partial charge in [-0.25, -0.2) is 0 Å². The van der Waals surface area contributed by atoms with Gasteiger partial charge >= 0.3 is 0 Å². The van der Waals surface area contributed by atoms with Gasteiger partial charge < -0.3 is 15.2 Å². The highest BCUT2D eigenvalue weighted by Crippen LogP contribution is 2.18. The van der Waals surface area contributed by atoms with Crippen LogP contribution < -0.4 is 5.32 Å². The van der Waals surface area contributed by atoms with Crippen molar-refractivity contribution in [2.45, 2.75) is 25.8 Å². The normalized spacial score (nSPS) is 18.6. The van der Waals surface area contributed by atoms with E-state index in [0.29, 0.717) is 6.04 Å². The van der Waals surface area contributed by atoms with E-state index in [1.54, 1.807) is 0 Å². The highest BCUT2D eigenvalue weighted by molar-refractivity contribution is 5.98. The molecule has 20 heavy (non-hydrogen) atoms. The fourth-order valence-electron chi connectivity index (χ4n) is 2.95. The number of benzene rings is 1. The third-order valence-corrected chi connectivity index (χ3v) is 4.00. The summed E-state index contributed by atoms with van der Waals surface area (Å²) in [4.78, 5) is 18.0. The van der Waals surface area contributed by atoms with E-state index in [9.17, 15) is 4.79 Å². The zero-order valence-corrected chi connectivity index (χ0v) is 11.9. The summed E-state index contributed by atoms with van der Waals surface area (Å²) in [6.45, 7) is 4.88. The van der Waals surface area contributed by atoms with Crippen LogP contribution in [-0.4, -0.2) is 41.5 Å². The first-order chi connectivity index (χ1) is 9.79. The molecule has 0 saturated carbocycles. The Bertz CT molecular complexity index is 599. The predicted molar refractivity (Wildman–Crippen MR) is 80.9 cm³/mol. The maximum atomic E-state index is 12.8. The third kappa shape index (κ3) is 2.43. The van der Waals surface area contributed by atoms with E-state index >= 15 is 0 Å². The lowest BCUT2D eigenvalue weighted by Gasteiger charge is -2.28. The number of fused-ring (bicyclic) bond motifs is 1. The van der Waals surface area contributed by atoms with Crippen LogP contribution in [0.2, 0.25) is 0 Å². The second kappa shape index (κ2) is 5.67. The minimum absolute atomic E-state index is 0.156. The number of aromatic amines is 1. The van der Waals surface area contributed by atoms with Crippen LogP contribution in [0, 0.1) is 0 Å². The fourth-order valence-corrected chi connectivity index (χ4v) is 2.95. The average molecular weight is 271 g/mol. The fraction of sp³-hybridized carbons (Fsp3) is 0.438. The van der Waals surface area contributed by atoms with Gasteiger partial charge in [-0.1, -0.05) is 6.92 Å². The lowest BCUT2D eigenvalue weighted by atomic mass is 10.1. The largest absolute Gasteiger partial charge is 0.361 e. The molecule has 2 aromatic rings. The Morgan fingerprint density at radius 3 is 3.05 bits per heavy atom. The van der Waals surface area contributed by atoms with Gasteiger partial charge in [0.1, 0.15) is 0 Å². The number of aromatic nitrogens is 1. The lowest BCUT2D eigenvalue weighted by molar-refractivity contribution is 0.0692. The highest BCUT2D eigenvalue weighted by Gasteiger charge is 2.26. The second-order valence-electron chi connectivity index (χ2n) is 5.42. The summed E-state index contributed by atoms with van der Waals surface area (Å²) in [6.07, 6.45) is 3.95. The van der Waals surface area contributed by atoms with Crippen molar-refractivity contribution in [2.24, 2.45) is 0 Å². The van der Waals surface area contributed by atoms with Gasteiger partial charge in [-0.05, 0) is 43.7 Å². The monoisotopic (exact) mass is 271 g/mol. The summed E-state index contributed by atoms with van der Waals surface area (Å²) >= 11 is 0. The molecule has 2 heterocycles. The molecule has 1 saturated heterocycles. The van der Waals surface area contributed by atoms with Crippen LogP contribution >= 0.6 is 0 Å². The molecule has 3 rings (SSSR count). The van der Waals surface area contributed by atoms with Gasteiger partial charge in [0.25, 0.3) is 5.91 Å². The molecule has 0 radical (unpaired) electrons. The molecule has 1 aliphatic rings. The van der Waals surface area contributed by atoms with Gasteiger partial charge in [-0.3, -0.25) is 4.79 Å². The lowest BCUT2D eigenvalue weighted by Crippen LogP contribution is -2.42. The van der Waals surface area contributed by atoms with Crippen LogP contribution in [0.1, 0.15) is 30.1 Å². The van der Waals surface area contributed by atoms with Crippen molar-refractivity contribution in [2.75, 3.05) is 19.6 Å². The number of nitrogens with zero attached hydrogens (tertiary/aromatic N) is 1. The number of carbonyl (C=O) groups is 1. The van der Waals surface area contributed by atoms with Crippen molar-refractivity contribution in [3.63, 3.8) is 0 Å². The number of hydrogen-bond acceptors (Lipinski definition) is 2. The van der Waals surface area contributed by atoms with Crippen LogP contribution in [0.15, 0.2) is 30.5 Å². The van der Waals surface area contributed by atoms with Crippen molar-refractivity contribution in [1.82, 2.24) is 15.2 Å². The summed E-state index contributed by atoms with van der Waals surface area (Å²) < 4.78 is 0. The third-order valence-electron chi connectivity index (χ3n) is 4.00. The molecule has 1 atom stereocenters. The Labute approximate surface area is 119 Å². The van der Waals surface area contributed by atoms with Crippen LogP contribution in [0.4, 0.5) is 0 Å². The molecule has 1 unspecified atom stereocenters. The zero-order valence-electron chi connectivity index (χ0n) is 11.9. The van der Waals surface area contributed by atoms with Gasteiger partial charge in [0.15, 0.2) is 0 Å². The van der Waals surface area contributed by atoms with Crippen LogP contribution in [0.25, 0.3) is 10.9 Å². The van der Waals surface area contributed by atoms with Crippen molar-refractivity contribution in [3.05, 3.63) is 36.0 Å². The van der Waals surface area contributed by atoms with Crippen molar-refractivity contribution in [1.29, 1.82) is 0 Å². The Morgan fingerprint density at radius 2 is 2.30 bits per heavy atom. The van der Waals surface area contributed by atoms with E-state index in [4.69, 9.17) is 0 Å². The molecule has 1 fully saturated rings. The Hall–Kier alpha value is -1.81. The quantitative estimate of drug-likeness (QED) is 0.897. The molecular formula is C16H21N3O. The number of H-pyrrole nitrogens is 1. The summed E-state index contributed by atoms with van der Waals surface area (Å²) in [6, 6.07) is 8.24. The van der Waals surface area contributed by atoms with E-state index in [-0.39, 0.29) is 5.91 Å². The molecule has 1 aromatic heterocycles. The van der Waals surface area contributed by atoms with Gasteiger partial charge in [-0.15, -0.1) is 0 Å². The van der Waals surface area contributed by atoms with Crippen LogP contribution in [0.3, 0.4) is 0 Å². The van der Waals surface area contributed by atoms with E-state index in [1.807, 2.05) is 35.4 Å². The molecule has 2 N–H and O–H groups in total. The molecular weight excluding hydrogens is 250 g/mol. The Kier molecular flexibility index (Phi) is 3.74. The van der Waals surface area contributed by atoms with Crippen molar-refractivity contribution >= 4 is 16.8 Å². The van der Waals surface area contributed by atoms with Gasteiger partial charge in [-0.2, -0.15) is 0 Å². The smallest absolute Gasteiger partial charge is 0.254 e. The van der Waals surface area contributed by atoms with Crippen LogP contribution in [-0.2, 0) is 0 Å². The summed E-state index contributed by atoms with van der Waals surface area (Å²) in [5.74, 6) is 0.156. The maximum absolute atomic E-state index is 12.8. The first kappa shape index (κ1) is 13.2. The minimum Gasteiger partial charge on any atom is -0.361 e. The van der Waals surface area contributed by atoms with Gasteiger partial charge in [0, 0.05) is 41.8 Å². The van der Waals surface area contributed by atoms with Crippen molar-refractivity contribution < 1.29 is 4.79 Å². The zero-order chi connectivity index (χ0) is 13.9. The summed E-state index contributed by atoms with van der Waals surface area (Å²) in [5.41, 5.74) is 1.86. The minimum atomic E-state index is 0.156. The Morgan fingerprint density at radius 1 is 1.40 bits per heavy atom. The Balaban J connectivity index is 1.87. The molecule has 1 aromatic carbocycles. The second-order valence-corrected chi connectivity index (χ2v) is 5.42. The van der Waals surface area contributed by atoms with E-state index in [1.165, 1.54) is 0 Å². The molecule has 0 bridgehead atoms. The van der Waals surface area contributed by atoms with E-state index in [0.717, 1.165) is 48.9 Å². The molecule has 106 valence electrons. The average Bonchev–Trinajstić information content (AvgIpc) is 3.13. The van der Waals surface area contributed by atoms with E-state index < -0.39 is 0 Å². The predicted octanol–water partition coefficient (Wildman–Crippen LogP) is 2.38. The SMILES string of the molecule is CCCN(C(=O)c1ccc2[nH]ccc2c1)C1CCNC1. The number of nitrogens with one attached hydrogen (secondary N) is 2. The highest BCUT2D eigenvalue weighted by atomic mass is 16.2. The van der Waals surface area contributed by atoms with Crippen molar-refractivity contribution in [3.8, 4) is 0 Å². The number of carbonyl (C=O) groups excluding carboxylic acids is 1. The van der Waals surface area contributed by atoms with Crippen LogP contribution in [0.5, 0.6) is 0 Å². The summed E-state index contributed by atoms with van der Waals surface area (Å²) in [5, 5.41) is 4.44. The maximum Gasteiger partial charge on any atom is 0.254 e. The number of hydrogen-bond donors (Lipinski definition) is 2. The topological polar surface area (TPSA) is 48.1 Å². The first-order valence-corrected chi connectivity index (χ1v) is 7.38. The van der Waals surface area contributed by atoms with E-state index in [2.05, 4.69) is 17.2 Å². The molecule has 4 heteroatoms. The number of rotatable bonds is 4. The molecule has 0 spiro atoms. The number of amides is 1. The molecule has 1 amide bonds. The summed E-state index contributed by atoms with van der Waals surface area (Å²) in [7, 11) is 0. The van der Waals surface area contributed by atoms with Gasteiger partial charge in [0.2, 0.25) is 0 Å². The molecule has 4 nitrogen and oxygen atoms in total. The standard InChI is InChI=1S/C16H21N3O/c1-2-9-19(14-6-7-17-11-14)16(20)13-3-4-15-12(10-13)5-8-18-15/h3-5,8,10,14,17-18H,2,6-7,9,11H2,1H3. The molecule has 0 aliphatic carbocycles. The molecule has 1 aliphatic heterocycles. The van der Waals surface area contributed by atoms with Gasteiger partial charge in [0.05, 0.1) is 0 Å².